The van der Waals surface area contributed by atoms with Gasteiger partial charge in [-0.05, 0) is 18.6 Å². The zero-order chi connectivity index (χ0) is 12.1. The van der Waals surface area contributed by atoms with Gasteiger partial charge in [0.1, 0.15) is 0 Å². The zero-order valence-electron chi connectivity index (χ0n) is 9.93. The van der Waals surface area contributed by atoms with Crippen molar-refractivity contribution >= 4 is 11.0 Å². The smallest absolute Gasteiger partial charge is 0.0890 e. The molecule has 0 radical (unpaired) electrons. The molecule has 0 spiro atoms. The molecule has 4 nitrogen and oxygen atoms in total. The first-order chi connectivity index (χ1) is 8.33. The van der Waals surface area contributed by atoms with Crippen molar-refractivity contribution < 1.29 is 5.11 Å². The van der Waals surface area contributed by atoms with E-state index in [-0.39, 0.29) is 12.6 Å². The molecule has 0 aliphatic rings. The van der Waals surface area contributed by atoms with Crippen LogP contribution in [-0.4, -0.2) is 27.7 Å². The number of nitrogens with one attached hydrogen (secondary N) is 1. The third-order valence-electron chi connectivity index (χ3n) is 2.78. The number of aliphatic hydroxyl groups excluding tert-OH is 1. The van der Waals surface area contributed by atoms with Crippen LogP contribution in [0, 0.1) is 0 Å². The minimum atomic E-state index is 0.128. The second-order valence-electron chi connectivity index (χ2n) is 4.02. The number of hydrogen-bond donors (Lipinski definition) is 2. The number of aliphatic hydroxyl groups is 1. The quantitative estimate of drug-likeness (QED) is 0.818. The van der Waals surface area contributed by atoms with E-state index in [0.29, 0.717) is 6.54 Å². The molecular weight excluding hydrogens is 214 g/mol. The molecule has 0 aliphatic carbocycles. The van der Waals surface area contributed by atoms with Gasteiger partial charge in [0.25, 0.3) is 0 Å². The fraction of sp³-hybridized carbons (Fsp3) is 0.385. The molecule has 1 aromatic heterocycles. The van der Waals surface area contributed by atoms with Gasteiger partial charge in [-0.1, -0.05) is 19.1 Å². The molecule has 4 heteroatoms. The van der Waals surface area contributed by atoms with E-state index in [1.165, 1.54) is 0 Å². The highest BCUT2D eigenvalue weighted by molar-refractivity contribution is 5.73. The van der Waals surface area contributed by atoms with Crippen LogP contribution in [-0.2, 0) is 6.54 Å². The Labute approximate surface area is 101 Å². The second-order valence-corrected chi connectivity index (χ2v) is 4.02. The molecule has 0 bridgehead atoms. The van der Waals surface area contributed by atoms with E-state index >= 15 is 0 Å². The number of fused-ring (bicyclic) bond motifs is 1. The average Bonchev–Trinajstić information content (AvgIpc) is 2.40. The molecule has 0 amide bonds. The van der Waals surface area contributed by atoms with E-state index in [2.05, 4.69) is 15.3 Å². The lowest BCUT2D eigenvalue weighted by Gasteiger charge is -2.13. The molecule has 1 atom stereocenters. The fourth-order valence-electron chi connectivity index (χ4n) is 1.67. The Balaban J connectivity index is 2.09. The van der Waals surface area contributed by atoms with Crippen LogP contribution in [0.4, 0.5) is 0 Å². The van der Waals surface area contributed by atoms with E-state index in [1.807, 2.05) is 31.2 Å². The average molecular weight is 231 g/mol. The van der Waals surface area contributed by atoms with Gasteiger partial charge in [0.2, 0.25) is 0 Å². The molecular formula is C13H17N3O. The Hall–Kier alpha value is -1.52. The van der Waals surface area contributed by atoms with Crippen molar-refractivity contribution in [2.75, 3.05) is 6.61 Å². The molecule has 1 heterocycles. The third kappa shape index (κ3) is 2.99. The van der Waals surface area contributed by atoms with Crippen molar-refractivity contribution in [3.8, 4) is 0 Å². The van der Waals surface area contributed by atoms with E-state index in [4.69, 9.17) is 5.11 Å². The number of aromatic nitrogens is 2. The number of hydrogen-bond acceptors (Lipinski definition) is 4. The van der Waals surface area contributed by atoms with Crippen LogP contribution in [0.3, 0.4) is 0 Å². The topological polar surface area (TPSA) is 58.0 Å². The van der Waals surface area contributed by atoms with Crippen LogP contribution in [0.1, 0.15) is 19.0 Å². The molecule has 0 unspecified atom stereocenters. The molecule has 17 heavy (non-hydrogen) atoms. The first-order valence-corrected chi connectivity index (χ1v) is 5.88. The number of rotatable bonds is 5. The van der Waals surface area contributed by atoms with Crippen LogP contribution in [0.25, 0.3) is 11.0 Å². The lowest BCUT2D eigenvalue weighted by atomic mass is 10.2. The van der Waals surface area contributed by atoms with Crippen LogP contribution in [0.5, 0.6) is 0 Å². The monoisotopic (exact) mass is 231 g/mol. The lowest BCUT2D eigenvalue weighted by Crippen LogP contribution is -2.31. The zero-order valence-corrected chi connectivity index (χ0v) is 9.93. The van der Waals surface area contributed by atoms with Crippen molar-refractivity contribution in [3.63, 3.8) is 0 Å². The van der Waals surface area contributed by atoms with Crippen molar-refractivity contribution in [2.45, 2.75) is 25.9 Å². The Morgan fingerprint density at radius 1 is 1.29 bits per heavy atom. The van der Waals surface area contributed by atoms with Gasteiger partial charge in [0.15, 0.2) is 0 Å². The van der Waals surface area contributed by atoms with Crippen LogP contribution >= 0.6 is 0 Å². The molecule has 2 aromatic rings. The summed E-state index contributed by atoms with van der Waals surface area (Å²) in [5, 5.41) is 12.3. The van der Waals surface area contributed by atoms with E-state index in [9.17, 15) is 0 Å². The number of benzene rings is 1. The Morgan fingerprint density at radius 2 is 2.06 bits per heavy atom. The summed E-state index contributed by atoms with van der Waals surface area (Å²) in [6.07, 6.45) is 2.68. The highest BCUT2D eigenvalue weighted by Gasteiger charge is 2.04. The van der Waals surface area contributed by atoms with Gasteiger partial charge in [0.05, 0.1) is 29.5 Å². The molecule has 1 aromatic carbocycles. The molecule has 0 saturated heterocycles. The summed E-state index contributed by atoms with van der Waals surface area (Å²) in [5.41, 5.74) is 2.71. The van der Waals surface area contributed by atoms with Crippen molar-refractivity contribution in [3.05, 3.63) is 36.2 Å². The second kappa shape index (κ2) is 5.70. The maximum absolute atomic E-state index is 9.08. The number of nitrogens with zero attached hydrogens (tertiary/aromatic N) is 2. The Bertz CT molecular complexity index is 483. The Morgan fingerprint density at radius 3 is 2.76 bits per heavy atom. The van der Waals surface area contributed by atoms with Gasteiger partial charge in [-0.15, -0.1) is 0 Å². The van der Waals surface area contributed by atoms with Gasteiger partial charge < -0.3 is 10.4 Å². The van der Waals surface area contributed by atoms with Crippen molar-refractivity contribution in [1.29, 1.82) is 0 Å². The first kappa shape index (κ1) is 12.0. The van der Waals surface area contributed by atoms with Gasteiger partial charge in [-0.3, -0.25) is 4.98 Å². The molecule has 0 aliphatic heterocycles. The summed E-state index contributed by atoms with van der Waals surface area (Å²) in [5.74, 6) is 0. The largest absolute Gasteiger partial charge is 0.395 e. The standard InChI is InChI=1S/C13H17N3O/c1-2-10(9-17)14-7-11-8-15-12-5-3-4-6-13(12)16-11/h3-6,8,10,14,17H,2,7,9H2,1H3/t10-/m0/s1. The van der Waals surface area contributed by atoms with Gasteiger partial charge in [0, 0.05) is 12.6 Å². The number of para-hydroxylation sites is 2. The summed E-state index contributed by atoms with van der Waals surface area (Å²) < 4.78 is 0. The Kier molecular flexibility index (Phi) is 4.01. The molecule has 90 valence electrons. The van der Waals surface area contributed by atoms with Gasteiger partial charge in [-0.25, -0.2) is 4.98 Å². The highest BCUT2D eigenvalue weighted by atomic mass is 16.3. The predicted molar refractivity (Wildman–Crippen MR) is 67.5 cm³/mol. The summed E-state index contributed by atoms with van der Waals surface area (Å²) in [6.45, 7) is 2.83. The minimum Gasteiger partial charge on any atom is -0.395 e. The summed E-state index contributed by atoms with van der Waals surface area (Å²) in [7, 11) is 0. The predicted octanol–water partition coefficient (Wildman–Crippen LogP) is 1.49. The van der Waals surface area contributed by atoms with E-state index in [0.717, 1.165) is 23.1 Å². The van der Waals surface area contributed by atoms with Crippen molar-refractivity contribution in [1.82, 2.24) is 15.3 Å². The minimum absolute atomic E-state index is 0.128. The lowest BCUT2D eigenvalue weighted by molar-refractivity contribution is 0.238. The van der Waals surface area contributed by atoms with Crippen LogP contribution < -0.4 is 5.32 Å². The SMILES string of the molecule is CC[C@@H](CO)NCc1cnc2ccccc2n1. The van der Waals surface area contributed by atoms with Gasteiger partial charge in [-0.2, -0.15) is 0 Å². The maximum Gasteiger partial charge on any atom is 0.0890 e. The maximum atomic E-state index is 9.08. The van der Waals surface area contributed by atoms with Crippen molar-refractivity contribution in [2.24, 2.45) is 0 Å². The van der Waals surface area contributed by atoms with E-state index < -0.39 is 0 Å². The third-order valence-corrected chi connectivity index (χ3v) is 2.78. The fourth-order valence-corrected chi connectivity index (χ4v) is 1.67. The van der Waals surface area contributed by atoms with Crippen LogP contribution in [0.15, 0.2) is 30.5 Å². The summed E-state index contributed by atoms with van der Waals surface area (Å²) in [6, 6.07) is 7.94. The van der Waals surface area contributed by atoms with E-state index in [1.54, 1.807) is 6.20 Å². The summed E-state index contributed by atoms with van der Waals surface area (Å²) >= 11 is 0. The van der Waals surface area contributed by atoms with Gasteiger partial charge >= 0.3 is 0 Å². The van der Waals surface area contributed by atoms with Crippen LogP contribution in [0.2, 0.25) is 0 Å². The normalized spacial score (nSPS) is 12.8. The molecule has 0 fully saturated rings. The molecule has 2 rings (SSSR count). The molecule has 0 saturated carbocycles. The summed E-state index contributed by atoms with van der Waals surface area (Å²) in [4.78, 5) is 8.85. The first-order valence-electron chi connectivity index (χ1n) is 5.88. The molecule has 2 N–H and O–H groups in total. The highest BCUT2D eigenvalue weighted by Crippen LogP contribution is 2.08.